The molecule has 1 aromatic carbocycles. The zero-order valence-corrected chi connectivity index (χ0v) is 17.2. The van der Waals surface area contributed by atoms with Crippen molar-refractivity contribution >= 4 is 17.9 Å². The fourth-order valence-electron chi connectivity index (χ4n) is 2.38. The summed E-state index contributed by atoms with van der Waals surface area (Å²) in [5, 5.41) is 5.51. The highest BCUT2D eigenvalue weighted by Crippen LogP contribution is 2.09. The van der Waals surface area contributed by atoms with Crippen LogP contribution in [0.25, 0.3) is 0 Å². The number of hydrogen-bond donors (Lipinski definition) is 2. The van der Waals surface area contributed by atoms with Gasteiger partial charge in [0.25, 0.3) is 5.91 Å². The lowest BCUT2D eigenvalue weighted by molar-refractivity contribution is -0.122. The van der Waals surface area contributed by atoms with Crippen molar-refractivity contribution in [1.82, 2.24) is 15.5 Å². The number of likely N-dealkylation sites (N-methyl/N-ethyl adjacent to an activating group) is 1. The van der Waals surface area contributed by atoms with Crippen molar-refractivity contribution in [2.75, 3.05) is 13.6 Å². The van der Waals surface area contributed by atoms with Crippen LogP contribution in [-0.2, 0) is 22.6 Å². The lowest BCUT2D eigenvalue weighted by Gasteiger charge is -2.24. The zero-order valence-electron chi connectivity index (χ0n) is 17.2. The van der Waals surface area contributed by atoms with Gasteiger partial charge in [-0.15, -0.1) is 0 Å². The van der Waals surface area contributed by atoms with E-state index in [4.69, 9.17) is 9.15 Å². The van der Waals surface area contributed by atoms with E-state index in [1.807, 2.05) is 0 Å². The average molecular weight is 401 g/mol. The Morgan fingerprint density at radius 1 is 1.07 bits per heavy atom. The van der Waals surface area contributed by atoms with Crippen molar-refractivity contribution in [3.63, 3.8) is 0 Å². The maximum Gasteiger partial charge on any atom is 0.410 e. The maximum atomic E-state index is 12.3. The first-order valence-corrected chi connectivity index (χ1v) is 9.24. The second kappa shape index (κ2) is 9.77. The van der Waals surface area contributed by atoms with Crippen LogP contribution in [0.15, 0.2) is 47.1 Å². The van der Waals surface area contributed by atoms with E-state index >= 15 is 0 Å². The predicted octanol–water partition coefficient (Wildman–Crippen LogP) is 2.69. The summed E-state index contributed by atoms with van der Waals surface area (Å²) in [6.45, 7) is 5.69. The molecule has 1 heterocycles. The number of nitrogens with zero attached hydrogens (tertiary/aromatic N) is 1. The second-order valence-electron chi connectivity index (χ2n) is 7.58. The maximum absolute atomic E-state index is 12.3. The third kappa shape index (κ3) is 7.69. The number of hydrogen-bond acceptors (Lipinski definition) is 5. The molecule has 0 saturated heterocycles. The summed E-state index contributed by atoms with van der Waals surface area (Å²) >= 11 is 0. The minimum atomic E-state index is -0.625. The lowest BCUT2D eigenvalue weighted by Crippen LogP contribution is -2.40. The number of rotatable bonds is 7. The molecule has 0 atom stereocenters. The van der Waals surface area contributed by atoms with Gasteiger partial charge in [-0.3, -0.25) is 9.59 Å². The molecule has 0 aliphatic carbocycles. The van der Waals surface area contributed by atoms with Gasteiger partial charge in [0.05, 0.1) is 12.8 Å². The zero-order chi connectivity index (χ0) is 21.4. The monoisotopic (exact) mass is 401 g/mol. The van der Waals surface area contributed by atoms with Gasteiger partial charge in [0.1, 0.15) is 17.9 Å². The van der Waals surface area contributed by atoms with Crippen LogP contribution in [-0.4, -0.2) is 42.0 Å². The summed E-state index contributed by atoms with van der Waals surface area (Å²) in [6.07, 6.45) is 0.980. The minimum Gasteiger partial charge on any atom is -0.467 e. The molecule has 156 valence electrons. The SMILES string of the molecule is CN(CC(=O)NCc1cccc(C(=O)NCc2ccco2)c1)C(=O)OC(C)(C)C. The van der Waals surface area contributed by atoms with Gasteiger partial charge < -0.3 is 24.7 Å². The Kier molecular flexibility index (Phi) is 7.41. The quantitative estimate of drug-likeness (QED) is 0.743. The molecule has 0 aliphatic rings. The Hall–Kier alpha value is -3.29. The van der Waals surface area contributed by atoms with Crippen LogP contribution >= 0.6 is 0 Å². The van der Waals surface area contributed by atoms with Gasteiger partial charge >= 0.3 is 6.09 Å². The normalized spacial score (nSPS) is 10.9. The van der Waals surface area contributed by atoms with E-state index in [1.54, 1.807) is 63.4 Å². The van der Waals surface area contributed by atoms with Crippen LogP contribution in [0.4, 0.5) is 4.79 Å². The molecule has 29 heavy (non-hydrogen) atoms. The summed E-state index contributed by atoms with van der Waals surface area (Å²) in [6, 6.07) is 10.5. The molecule has 8 heteroatoms. The first kappa shape index (κ1) is 22.0. The number of ether oxygens (including phenoxy) is 1. The number of amides is 3. The van der Waals surface area contributed by atoms with Gasteiger partial charge in [0.15, 0.2) is 0 Å². The fraction of sp³-hybridized carbons (Fsp3) is 0.381. The standard InChI is InChI=1S/C21H27N3O5/c1-21(2,3)29-20(27)24(4)14-18(25)22-12-15-7-5-8-16(11-15)19(26)23-13-17-9-6-10-28-17/h5-11H,12-14H2,1-4H3,(H,22,25)(H,23,26). The van der Waals surface area contributed by atoms with Crippen LogP contribution in [0.2, 0.25) is 0 Å². The summed E-state index contributed by atoms with van der Waals surface area (Å²) in [7, 11) is 1.50. The van der Waals surface area contributed by atoms with Gasteiger partial charge in [-0.25, -0.2) is 4.79 Å². The molecule has 2 rings (SSSR count). The smallest absolute Gasteiger partial charge is 0.410 e. The van der Waals surface area contributed by atoms with Gasteiger partial charge in [0, 0.05) is 19.2 Å². The van der Waals surface area contributed by atoms with Crippen molar-refractivity contribution in [3.8, 4) is 0 Å². The number of nitrogens with one attached hydrogen (secondary N) is 2. The molecule has 1 aromatic heterocycles. The molecule has 8 nitrogen and oxygen atoms in total. The Bertz CT molecular complexity index is 840. The lowest BCUT2D eigenvalue weighted by atomic mass is 10.1. The number of benzene rings is 1. The summed E-state index contributed by atoms with van der Waals surface area (Å²) in [5.74, 6) is 0.0983. The van der Waals surface area contributed by atoms with Gasteiger partial charge in [-0.1, -0.05) is 12.1 Å². The van der Waals surface area contributed by atoms with Crippen molar-refractivity contribution in [2.24, 2.45) is 0 Å². The number of carbonyl (C=O) groups is 3. The van der Waals surface area contributed by atoms with E-state index in [0.717, 1.165) is 5.56 Å². The van der Waals surface area contributed by atoms with Crippen LogP contribution in [0.5, 0.6) is 0 Å². The summed E-state index contributed by atoms with van der Waals surface area (Å²) in [4.78, 5) is 37.5. The van der Waals surface area contributed by atoms with Crippen LogP contribution in [0.1, 0.15) is 42.5 Å². The van der Waals surface area contributed by atoms with Gasteiger partial charge in [-0.2, -0.15) is 0 Å². The molecule has 0 unspecified atom stereocenters. The molecule has 0 radical (unpaired) electrons. The molecular weight excluding hydrogens is 374 g/mol. The molecule has 0 aliphatic heterocycles. The van der Waals surface area contributed by atoms with E-state index in [1.165, 1.54) is 11.9 Å². The van der Waals surface area contributed by atoms with E-state index in [-0.39, 0.29) is 24.9 Å². The first-order chi connectivity index (χ1) is 13.6. The highest BCUT2D eigenvalue weighted by molar-refractivity contribution is 5.94. The van der Waals surface area contributed by atoms with Crippen LogP contribution in [0, 0.1) is 0 Å². The highest BCUT2D eigenvalue weighted by atomic mass is 16.6. The predicted molar refractivity (Wildman–Crippen MR) is 107 cm³/mol. The van der Waals surface area contributed by atoms with E-state index in [9.17, 15) is 14.4 Å². The van der Waals surface area contributed by atoms with Crippen molar-refractivity contribution < 1.29 is 23.5 Å². The average Bonchev–Trinajstić information content (AvgIpc) is 3.17. The van der Waals surface area contributed by atoms with E-state index in [2.05, 4.69) is 10.6 Å². The molecule has 2 aromatic rings. The Morgan fingerprint density at radius 2 is 1.83 bits per heavy atom. The number of carbonyl (C=O) groups excluding carboxylic acids is 3. The van der Waals surface area contributed by atoms with Crippen molar-refractivity contribution in [1.29, 1.82) is 0 Å². The molecular formula is C21H27N3O5. The van der Waals surface area contributed by atoms with Gasteiger partial charge in [-0.05, 0) is 50.6 Å². The molecule has 0 fully saturated rings. The third-order valence-electron chi connectivity index (χ3n) is 3.77. The molecule has 0 spiro atoms. The van der Waals surface area contributed by atoms with Crippen molar-refractivity contribution in [2.45, 2.75) is 39.5 Å². The summed E-state index contributed by atoms with van der Waals surface area (Å²) in [5.41, 5.74) is 0.623. The largest absolute Gasteiger partial charge is 0.467 e. The Morgan fingerprint density at radius 3 is 2.48 bits per heavy atom. The van der Waals surface area contributed by atoms with Crippen LogP contribution in [0.3, 0.4) is 0 Å². The molecule has 3 amide bonds. The van der Waals surface area contributed by atoms with E-state index < -0.39 is 11.7 Å². The molecule has 0 bridgehead atoms. The van der Waals surface area contributed by atoms with Crippen molar-refractivity contribution in [3.05, 3.63) is 59.5 Å². The second-order valence-corrected chi connectivity index (χ2v) is 7.58. The molecule has 0 saturated carbocycles. The topological polar surface area (TPSA) is 101 Å². The number of furan rings is 1. The summed E-state index contributed by atoms with van der Waals surface area (Å²) < 4.78 is 10.4. The Balaban J connectivity index is 1.82. The van der Waals surface area contributed by atoms with Gasteiger partial charge in [0.2, 0.25) is 5.91 Å². The van der Waals surface area contributed by atoms with Crippen LogP contribution < -0.4 is 10.6 Å². The Labute approximate surface area is 170 Å². The van der Waals surface area contributed by atoms with E-state index in [0.29, 0.717) is 17.9 Å². The first-order valence-electron chi connectivity index (χ1n) is 9.24. The third-order valence-corrected chi connectivity index (χ3v) is 3.77. The highest BCUT2D eigenvalue weighted by Gasteiger charge is 2.21. The molecule has 2 N–H and O–H groups in total. The fourth-order valence-corrected chi connectivity index (χ4v) is 2.38. The minimum absolute atomic E-state index is 0.127.